The summed E-state index contributed by atoms with van der Waals surface area (Å²) in [6.45, 7) is 8.48. The summed E-state index contributed by atoms with van der Waals surface area (Å²) >= 11 is 0. The average molecular weight is 445 g/mol. The van der Waals surface area contributed by atoms with Gasteiger partial charge < -0.3 is 24.6 Å². The van der Waals surface area contributed by atoms with Gasteiger partial charge in [0.2, 0.25) is 0 Å². The first-order chi connectivity index (χ1) is 15.3. The number of aliphatic hydroxyl groups excluding tert-OH is 1. The van der Waals surface area contributed by atoms with Crippen molar-refractivity contribution >= 4 is 6.09 Å². The number of ether oxygens (including phenoxy) is 3. The molecule has 0 aliphatic carbocycles. The molecule has 3 rings (SSSR count). The molecule has 3 atom stereocenters. The van der Waals surface area contributed by atoms with Gasteiger partial charge >= 0.3 is 6.09 Å². The Labute approximate surface area is 191 Å². The minimum atomic E-state index is -0.615. The fraction of sp³-hybridized carbons (Fsp3) is 0.560. The van der Waals surface area contributed by atoms with Crippen LogP contribution in [0.15, 0.2) is 54.3 Å². The first-order valence-corrected chi connectivity index (χ1v) is 11.4. The Kier molecular flexibility index (Phi) is 8.87. The van der Waals surface area contributed by atoms with Crippen LogP contribution >= 0.6 is 0 Å². The maximum absolute atomic E-state index is 12.9. The summed E-state index contributed by atoms with van der Waals surface area (Å²) in [7, 11) is 0. The van der Waals surface area contributed by atoms with E-state index in [2.05, 4.69) is 5.32 Å². The second-order valence-electron chi connectivity index (χ2n) is 9.20. The summed E-state index contributed by atoms with van der Waals surface area (Å²) in [4.78, 5) is 14.4. The van der Waals surface area contributed by atoms with E-state index in [1.165, 1.54) is 4.90 Å². The van der Waals surface area contributed by atoms with Crippen LogP contribution in [0.1, 0.15) is 39.2 Å². The molecular weight excluding hydrogens is 408 g/mol. The average Bonchev–Trinajstić information content (AvgIpc) is 2.76. The Morgan fingerprint density at radius 3 is 2.72 bits per heavy atom. The second-order valence-corrected chi connectivity index (χ2v) is 9.20. The summed E-state index contributed by atoms with van der Waals surface area (Å²) < 4.78 is 17.3. The van der Waals surface area contributed by atoms with Gasteiger partial charge in [0.05, 0.1) is 19.3 Å². The molecule has 0 saturated carbocycles. The van der Waals surface area contributed by atoms with Crippen molar-refractivity contribution in [2.75, 3.05) is 26.3 Å². The van der Waals surface area contributed by atoms with Gasteiger partial charge in [0.25, 0.3) is 0 Å². The number of β-amino-alcohol motifs (C(OH)–C–C–N with tert-alkyl or cyclic N) is 1. The summed E-state index contributed by atoms with van der Waals surface area (Å²) in [6, 6.07) is 10.0. The fourth-order valence-electron chi connectivity index (χ4n) is 3.75. The van der Waals surface area contributed by atoms with Crippen LogP contribution in [-0.2, 0) is 20.8 Å². The standard InChI is InChI=1S/C25H36N2O5/c1-25(2,3)32-24(29)27-17-20(21-12-13-26-16-22(21)28)10-11-23(27)31-15-7-14-30-18-19-8-5-4-6-9-19/h4-6,8-11,17,21-23,26,28H,7,12-16,18H2,1-3H3. The molecule has 7 heteroatoms. The number of piperidine rings is 1. The van der Waals surface area contributed by atoms with Gasteiger partial charge in [-0.05, 0) is 57.4 Å². The van der Waals surface area contributed by atoms with E-state index < -0.39 is 24.0 Å². The Morgan fingerprint density at radius 1 is 1.22 bits per heavy atom. The van der Waals surface area contributed by atoms with Crippen molar-refractivity contribution in [1.82, 2.24) is 10.2 Å². The predicted molar refractivity (Wildman–Crippen MR) is 123 cm³/mol. The van der Waals surface area contributed by atoms with E-state index in [0.717, 1.165) is 24.1 Å². The number of benzene rings is 1. The molecule has 2 aliphatic heterocycles. The van der Waals surface area contributed by atoms with E-state index in [9.17, 15) is 9.90 Å². The number of hydrogen-bond acceptors (Lipinski definition) is 6. The second kappa shape index (κ2) is 11.6. The van der Waals surface area contributed by atoms with Gasteiger partial charge in [0, 0.05) is 25.3 Å². The Hall–Kier alpha value is -2.19. The molecule has 2 aliphatic rings. The molecule has 0 spiro atoms. The fourth-order valence-corrected chi connectivity index (χ4v) is 3.75. The monoisotopic (exact) mass is 444 g/mol. The van der Waals surface area contributed by atoms with Gasteiger partial charge in [-0.15, -0.1) is 0 Å². The smallest absolute Gasteiger partial charge is 0.416 e. The highest BCUT2D eigenvalue weighted by Crippen LogP contribution is 2.28. The third-order valence-electron chi connectivity index (χ3n) is 5.33. The van der Waals surface area contributed by atoms with Crippen molar-refractivity contribution in [3.8, 4) is 0 Å². The van der Waals surface area contributed by atoms with E-state index in [-0.39, 0.29) is 5.92 Å². The lowest BCUT2D eigenvalue weighted by Crippen LogP contribution is -2.45. The number of nitrogens with zero attached hydrogens (tertiary/aromatic N) is 1. The van der Waals surface area contributed by atoms with Crippen LogP contribution in [0.5, 0.6) is 0 Å². The van der Waals surface area contributed by atoms with Gasteiger partial charge in [-0.25, -0.2) is 4.79 Å². The number of rotatable bonds is 8. The first-order valence-electron chi connectivity index (χ1n) is 11.4. The third-order valence-corrected chi connectivity index (χ3v) is 5.33. The number of carbonyl (C=O) groups excluding carboxylic acids is 1. The Bertz CT molecular complexity index is 787. The van der Waals surface area contributed by atoms with Gasteiger partial charge in [0.15, 0.2) is 6.23 Å². The maximum atomic E-state index is 12.9. The van der Waals surface area contributed by atoms with Gasteiger partial charge in [-0.3, -0.25) is 4.90 Å². The van der Waals surface area contributed by atoms with Crippen LogP contribution in [0.3, 0.4) is 0 Å². The molecule has 2 N–H and O–H groups in total. The SMILES string of the molecule is CC(C)(C)OC(=O)N1C=C(C2CCNCC2O)C=CC1OCCCOCc1ccccc1. The normalized spacial score (nSPS) is 23.7. The third kappa shape index (κ3) is 7.45. The first kappa shape index (κ1) is 24.5. The number of hydrogen-bond donors (Lipinski definition) is 2. The van der Waals surface area contributed by atoms with Crippen molar-refractivity contribution in [2.45, 2.75) is 58.2 Å². The molecule has 1 aromatic carbocycles. The molecule has 1 amide bonds. The minimum absolute atomic E-state index is 0.0234. The van der Waals surface area contributed by atoms with Crippen LogP contribution in [-0.4, -0.2) is 60.3 Å². The molecule has 0 radical (unpaired) electrons. The van der Waals surface area contributed by atoms with E-state index in [1.54, 1.807) is 6.20 Å². The van der Waals surface area contributed by atoms with Crippen molar-refractivity contribution < 1.29 is 24.1 Å². The molecule has 1 aromatic rings. The van der Waals surface area contributed by atoms with E-state index >= 15 is 0 Å². The highest BCUT2D eigenvalue weighted by molar-refractivity contribution is 5.70. The quantitative estimate of drug-likeness (QED) is 0.597. The topological polar surface area (TPSA) is 80.3 Å². The highest BCUT2D eigenvalue weighted by Gasteiger charge is 2.32. The number of aliphatic hydroxyl groups is 1. The molecule has 3 unspecified atom stereocenters. The zero-order chi connectivity index (χ0) is 23.0. The number of allylic oxidation sites excluding steroid dienone is 1. The van der Waals surface area contributed by atoms with Gasteiger partial charge in [-0.1, -0.05) is 36.4 Å². The van der Waals surface area contributed by atoms with Crippen molar-refractivity contribution in [3.63, 3.8) is 0 Å². The van der Waals surface area contributed by atoms with Crippen LogP contribution in [0.4, 0.5) is 4.79 Å². The molecule has 7 nitrogen and oxygen atoms in total. The minimum Gasteiger partial charge on any atom is -0.443 e. The molecule has 0 aromatic heterocycles. The zero-order valence-electron chi connectivity index (χ0n) is 19.3. The lowest BCUT2D eigenvalue weighted by atomic mass is 9.87. The maximum Gasteiger partial charge on any atom is 0.416 e. The van der Waals surface area contributed by atoms with Crippen LogP contribution < -0.4 is 5.32 Å². The van der Waals surface area contributed by atoms with E-state index in [0.29, 0.717) is 32.8 Å². The van der Waals surface area contributed by atoms with Gasteiger partial charge in [-0.2, -0.15) is 0 Å². The van der Waals surface area contributed by atoms with Crippen molar-refractivity contribution in [2.24, 2.45) is 5.92 Å². The van der Waals surface area contributed by atoms with Crippen molar-refractivity contribution in [1.29, 1.82) is 0 Å². The molecule has 2 heterocycles. The van der Waals surface area contributed by atoms with Crippen LogP contribution in [0.25, 0.3) is 0 Å². The summed E-state index contributed by atoms with van der Waals surface area (Å²) in [5.41, 5.74) is 1.43. The highest BCUT2D eigenvalue weighted by atomic mass is 16.6. The molecule has 176 valence electrons. The van der Waals surface area contributed by atoms with Crippen LogP contribution in [0.2, 0.25) is 0 Å². The summed E-state index contributed by atoms with van der Waals surface area (Å²) in [5, 5.41) is 13.6. The number of carbonyl (C=O) groups is 1. The number of amides is 1. The molecule has 0 bridgehead atoms. The Balaban J connectivity index is 1.54. The lowest BCUT2D eigenvalue weighted by molar-refractivity contribution is -0.0346. The molecule has 1 saturated heterocycles. The van der Waals surface area contributed by atoms with Gasteiger partial charge in [0.1, 0.15) is 5.60 Å². The van der Waals surface area contributed by atoms with Crippen molar-refractivity contribution in [3.05, 3.63) is 59.8 Å². The summed E-state index contributed by atoms with van der Waals surface area (Å²) in [6.07, 6.45) is 5.60. The zero-order valence-corrected chi connectivity index (χ0v) is 19.3. The lowest BCUT2D eigenvalue weighted by Gasteiger charge is -2.35. The van der Waals surface area contributed by atoms with E-state index in [1.807, 2.05) is 63.3 Å². The molecular formula is C25H36N2O5. The number of nitrogens with one attached hydrogen (secondary N) is 1. The predicted octanol–water partition coefficient (Wildman–Crippen LogP) is 3.60. The van der Waals surface area contributed by atoms with E-state index in [4.69, 9.17) is 14.2 Å². The summed E-state index contributed by atoms with van der Waals surface area (Å²) in [5.74, 6) is -0.0234. The molecule has 32 heavy (non-hydrogen) atoms. The Morgan fingerprint density at radius 2 is 2.00 bits per heavy atom. The molecule has 1 fully saturated rings. The van der Waals surface area contributed by atoms with Crippen LogP contribution in [0, 0.1) is 5.92 Å². The largest absolute Gasteiger partial charge is 0.443 e.